The highest BCUT2D eigenvalue weighted by molar-refractivity contribution is 7.09. The lowest BCUT2D eigenvalue weighted by molar-refractivity contribution is 0.240. The van der Waals surface area contributed by atoms with Crippen LogP contribution in [-0.2, 0) is 6.42 Å². The normalized spacial score (nSPS) is 14.4. The van der Waals surface area contributed by atoms with Gasteiger partial charge in [0.05, 0.1) is 5.69 Å². The van der Waals surface area contributed by atoms with Crippen LogP contribution in [0.4, 0.5) is 20.0 Å². The summed E-state index contributed by atoms with van der Waals surface area (Å²) in [6.07, 6.45) is 0.747. The fourth-order valence-electron chi connectivity index (χ4n) is 3.55. The number of hydrogen-bond acceptors (Lipinski definition) is 6. The lowest BCUT2D eigenvalue weighted by Crippen LogP contribution is -2.48. The van der Waals surface area contributed by atoms with Crippen LogP contribution in [-0.4, -0.2) is 59.6 Å². The zero-order valence-corrected chi connectivity index (χ0v) is 18.9. The highest BCUT2D eigenvalue weighted by atomic mass is 32.1. The van der Waals surface area contributed by atoms with Crippen LogP contribution < -0.4 is 15.5 Å². The number of anilines is 2. The zero-order chi connectivity index (χ0) is 22.3. The van der Waals surface area contributed by atoms with E-state index in [0.717, 1.165) is 50.1 Å². The van der Waals surface area contributed by atoms with E-state index in [1.165, 1.54) is 34.8 Å². The van der Waals surface area contributed by atoms with Gasteiger partial charge in [0.25, 0.3) is 0 Å². The predicted molar refractivity (Wildman–Crippen MR) is 126 cm³/mol. The molecule has 0 saturated carbocycles. The molecular weight excluding hydrogens is 427 g/mol. The van der Waals surface area contributed by atoms with Crippen LogP contribution in [0.5, 0.6) is 0 Å². The van der Waals surface area contributed by atoms with Crippen molar-refractivity contribution in [3.05, 3.63) is 71.3 Å². The van der Waals surface area contributed by atoms with E-state index in [1.54, 1.807) is 12.1 Å². The SMILES string of the molecule is Cc1ccc(Cc2nsc(N3CCN(CCNC(=O)Nc4ccccc4F)CC3)n2)cc1. The van der Waals surface area contributed by atoms with Crippen LogP contribution in [0.3, 0.4) is 0 Å². The van der Waals surface area contributed by atoms with E-state index in [1.807, 2.05) is 0 Å². The quantitative estimate of drug-likeness (QED) is 0.572. The number of para-hydroxylation sites is 1. The number of aromatic nitrogens is 2. The first-order valence-electron chi connectivity index (χ1n) is 10.7. The summed E-state index contributed by atoms with van der Waals surface area (Å²) < 4.78 is 18.1. The van der Waals surface area contributed by atoms with Gasteiger partial charge in [-0.1, -0.05) is 42.0 Å². The Balaban J connectivity index is 1.18. The van der Waals surface area contributed by atoms with Crippen molar-refractivity contribution < 1.29 is 9.18 Å². The molecule has 0 aliphatic carbocycles. The first kappa shape index (κ1) is 22.2. The molecule has 2 aromatic carbocycles. The average molecular weight is 455 g/mol. The summed E-state index contributed by atoms with van der Waals surface area (Å²) in [5.41, 5.74) is 2.65. The summed E-state index contributed by atoms with van der Waals surface area (Å²) >= 11 is 1.45. The monoisotopic (exact) mass is 454 g/mol. The Hall–Kier alpha value is -3.04. The van der Waals surface area contributed by atoms with Crippen molar-refractivity contribution in [3.8, 4) is 0 Å². The van der Waals surface area contributed by atoms with Crippen molar-refractivity contribution in [2.75, 3.05) is 49.5 Å². The van der Waals surface area contributed by atoms with E-state index in [2.05, 4.69) is 56.0 Å². The van der Waals surface area contributed by atoms with Gasteiger partial charge in [-0.15, -0.1) is 0 Å². The molecule has 0 atom stereocenters. The van der Waals surface area contributed by atoms with Gasteiger partial charge in [0.2, 0.25) is 5.13 Å². The largest absolute Gasteiger partial charge is 0.344 e. The van der Waals surface area contributed by atoms with Gasteiger partial charge in [-0.25, -0.2) is 14.2 Å². The van der Waals surface area contributed by atoms with Crippen LogP contribution in [0.2, 0.25) is 0 Å². The molecule has 1 fully saturated rings. The molecule has 1 aromatic heterocycles. The molecule has 2 amide bonds. The number of piperazine rings is 1. The first-order chi connectivity index (χ1) is 15.6. The fraction of sp³-hybridized carbons (Fsp3) is 0.348. The number of rotatable bonds is 7. The topological polar surface area (TPSA) is 73.4 Å². The Bertz CT molecular complexity index is 1030. The summed E-state index contributed by atoms with van der Waals surface area (Å²) in [6, 6.07) is 14.2. The Morgan fingerprint density at radius 3 is 2.59 bits per heavy atom. The number of carbonyl (C=O) groups is 1. The van der Waals surface area contributed by atoms with Gasteiger partial charge in [0.1, 0.15) is 11.6 Å². The molecule has 1 aliphatic heterocycles. The fourth-order valence-corrected chi connectivity index (χ4v) is 4.29. The molecule has 7 nitrogen and oxygen atoms in total. The molecule has 0 unspecified atom stereocenters. The van der Waals surface area contributed by atoms with Crippen molar-refractivity contribution in [3.63, 3.8) is 0 Å². The number of nitrogens with zero attached hydrogens (tertiary/aromatic N) is 4. The van der Waals surface area contributed by atoms with Gasteiger partial charge in [-0.3, -0.25) is 4.90 Å². The van der Waals surface area contributed by atoms with E-state index in [0.29, 0.717) is 6.54 Å². The third-order valence-electron chi connectivity index (χ3n) is 5.42. The number of amides is 2. The maximum Gasteiger partial charge on any atom is 0.319 e. The Kier molecular flexibility index (Phi) is 7.28. The summed E-state index contributed by atoms with van der Waals surface area (Å²) in [4.78, 5) is 21.3. The minimum absolute atomic E-state index is 0.178. The number of nitrogens with one attached hydrogen (secondary N) is 2. The van der Waals surface area contributed by atoms with Crippen molar-refractivity contribution in [2.45, 2.75) is 13.3 Å². The Labute approximate surface area is 191 Å². The number of halogens is 1. The minimum Gasteiger partial charge on any atom is -0.344 e. The summed E-state index contributed by atoms with van der Waals surface area (Å²) in [5, 5.41) is 6.29. The third-order valence-corrected chi connectivity index (χ3v) is 6.23. The second kappa shape index (κ2) is 10.5. The molecule has 9 heteroatoms. The maximum absolute atomic E-state index is 13.6. The smallest absolute Gasteiger partial charge is 0.319 e. The highest BCUT2D eigenvalue weighted by Crippen LogP contribution is 2.20. The Morgan fingerprint density at radius 1 is 1.09 bits per heavy atom. The van der Waals surface area contributed by atoms with E-state index < -0.39 is 11.8 Å². The molecular formula is C23H27FN6OS. The molecule has 2 heterocycles. The summed E-state index contributed by atoms with van der Waals surface area (Å²) in [7, 11) is 0. The number of urea groups is 1. The van der Waals surface area contributed by atoms with Crippen molar-refractivity contribution in [1.29, 1.82) is 0 Å². The molecule has 3 aromatic rings. The third kappa shape index (κ3) is 6.02. The summed E-state index contributed by atoms with van der Waals surface area (Å²) in [6.45, 7) is 6.86. The zero-order valence-electron chi connectivity index (χ0n) is 18.1. The van der Waals surface area contributed by atoms with Crippen molar-refractivity contribution in [1.82, 2.24) is 19.6 Å². The molecule has 0 bridgehead atoms. The number of benzene rings is 2. The van der Waals surface area contributed by atoms with Crippen molar-refractivity contribution >= 4 is 28.4 Å². The van der Waals surface area contributed by atoms with Crippen LogP contribution in [0.25, 0.3) is 0 Å². The molecule has 32 heavy (non-hydrogen) atoms. The number of hydrogen-bond donors (Lipinski definition) is 2. The van der Waals surface area contributed by atoms with Gasteiger partial charge in [-0.05, 0) is 24.6 Å². The number of aryl methyl sites for hydroxylation is 1. The van der Waals surface area contributed by atoms with Gasteiger partial charge < -0.3 is 15.5 Å². The standard InChI is InChI=1S/C23H27FN6OS/c1-17-6-8-18(9-7-17)16-21-27-23(32-28-21)30-14-12-29(13-15-30)11-10-25-22(31)26-20-5-3-2-4-19(20)24/h2-9H,10-16H2,1H3,(H2,25,26,31). The number of carbonyl (C=O) groups excluding carboxylic acids is 1. The lowest BCUT2D eigenvalue weighted by atomic mass is 10.1. The molecule has 0 radical (unpaired) electrons. The van der Waals surface area contributed by atoms with Crippen molar-refractivity contribution in [2.24, 2.45) is 0 Å². The van der Waals surface area contributed by atoms with E-state index in [-0.39, 0.29) is 5.69 Å². The highest BCUT2D eigenvalue weighted by Gasteiger charge is 2.20. The maximum atomic E-state index is 13.6. The van der Waals surface area contributed by atoms with Gasteiger partial charge >= 0.3 is 6.03 Å². The molecule has 2 N–H and O–H groups in total. The van der Waals surface area contributed by atoms with E-state index >= 15 is 0 Å². The second-order valence-electron chi connectivity index (χ2n) is 7.84. The molecule has 0 spiro atoms. The van der Waals surface area contributed by atoms with Gasteiger partial charge in [0.15, 0.2) is 0 Å². The molecule has 1 saturated heterocycles. The van der Waals surface area contributed by atoms with Crippen LogP contribution in [0.1, 0.15) is 17.0 Å². The lowest BCUT2D eigenvalue weighted by Gasteiger charge is -2.34. The minimum atomic E-state index is -0.447. The van der Waals surface area contributed by atoms with Gasteiger partial charge in [-0.2, -0.15) is 4.37 Å². The van der Waals surface area contributed by atoms with Crippen LogP contribution >= 0.6 is 11.5 Å². The van der Waals surface area contributed by atoms with Crippen LogP contribution in [0.15, 0.2) is 48.5 Å². The molecule has 1 aliphatic rings. The second-order valence-corrected chi connectivity index (χ2v) is 8.58. The average Bonchev–Trinajstić information content (AvgIpc) is 3.26. The molecule has 168 valence electrons. The van der Waals surface area contributed by atoms with E-state index in [9.17, 15) is 9.18 Å². The summed E-state index contributed by atoms with van der Waals surface area (Å²) in [5.74, 6) is 0.416. The van der Waals surface area contributed by atoms with E-state index in [4.69, 9.17) is 4.98 Å². The van der Waals surface area contributed by atoms with Crippen LogP contribution in [0, 0.1) is 12.7 Å². The first-order valence-corrected chi connectivity index (χ1v) is 11.5. The Morgan fingerprint density at radius 2 is 1.84 bits per heavy atom. The molecule has 4 rings (SSSR count). The predicted octanol–water partition coefficient (Wildman–Crippen LogP) is 3.52. The van der Waals surface area contributed by atoms with Gasteiger partial charge in [0, 0.05) is 57.2 Å².